The van der Waals surface area contributed by atoms with E-state index >= 15 is 0 Å². The summed E-state index contributed by atoms with van der Waals surface area (Å²) in [6.45, 7) is 2.88. The molecular formula is C14H21N7. The Kier molecular flexibility index (Phi) is 4.89. The summed E-state index contributed by atoms with van der Waals surface area (Å²) in [4.78, 5) is 14.5. The second-order valence-electron chi connectivity index (χ2n) is 5.01. The van der Waals surface area contributed by atoms with Gasteiger partial charge in [0.2, 0.25) is 17.8 Å². The molecule has 2 rings (SSSR count). The third kappa shape index (κ3) is 4.03. The standard InChI is InChI=1S/C14H21N7/c1-10(11-7-5-4-6-8-11)9-16-12-17-13(20-15)19-14(18-12)21(2)3/h4-8,10H,9,15H2,1-3H3,(H2,16,17,18,19,20). The van der Waals surface area contributed by atoms with Crippen molar-refractivity contribution in [2.24, 2.45) is 5.84 Å². The minimum absolute atomic E-state index is 0.337. The maximum absolute atomic E-state index is 5.39. The van der Waals surface area contributed by atoms with Gasteiger partial charge in [0.05, 0.1) is 0 Å². The third-order valence-electron chi connectivity index (χ3n) is 3.09. The van der Waals surface area contributed by atoms with Gasteiger partial charge in [-0.3, -0.25) is 5.43 Å². The van der Waals surface area contributed by atoms with Crippen LogP contribution in [0.4, 0.5) is 17.8 Å². The number of aromatic nitrogens is 3. The van der Waals surface area contributed by atoms with Crippen molar-refractivity contribution < 1.29 is 0 Å². The highest BCUT2D eigenvalue weighted by Gasteiger charge is 2.09. The fourth-order valence-corrected chi connectivity index (χ4v) is 1.85. The lowest BCUT2D eigenvalue weighted by atomic mass is 10.0. The third-order valence-corrected chi connectivity index (χ3v) is 3.09. The van der Waals surface area contributed by atoms with Crippen LogP contribution in [0.25, 0.3) is 0 Å². The maximum Gasteiger partial charge on any atom is 0.243 e. The van der Waals surface area contributed by atoms with Gasteiger partial charge in [0.1, 0.15) is 0 Å². The molecule has 0 aliphatic rings. The molecule has 1 heterocycles. The molecule has 0 amide bonds. The van der Waals surface area contributed by atoms with Crippen LogP contribution < -0.4 is 21.5 Å². The van der Waals surface area contributed by atoms with Gasteiger partial charge in [0.15, 0.2) is 0 Å². The van der Waals surface area contributed by atoms with Crippen molar-refractivity contribution in [3.63, 3.8) is 0 Å². The second kappa shape index (κ2) is 6.85. The molecular weight excluding hydrogens is 266 g/mol. The van der Waals surface area contributed by atoms with Crippen molar-refractivity contribution >= 4 is 17.8 Å². The zero-order chi connectivity index (χ0) is 15.2. The highest BCUT2D eigenvalue weighted by atomic mass is 15.4. The van der Waals surface area contributed by atoms with Crippen molar-refractivity contribution in [2.75, 3.05) is 36.3 Å². The fourth-order valence-electron chi connectivity index (χ4n) is 1.85. The Bertz CT molecular complexity index is 571. The van der Waals surface area contributed by atoms with E-state index in [9.17, 15) is 0 Å². The van der Waals surface area contributed by atoms with E-state index in [1.165, 1.54) is 5.56 Å². The molecule has 0 aliphatic carbocycles. The summed E-state index contributed by atoms with van der Waals surface area (Å²) in [5.41, 5.74) is 3.72. The molecule has 2 aromatic rings. The van der Waals surface area contributed by atoms with E-state index in [1.54, 1.807) is 4.90 Å². The molecule has 21 heavy (non-hydrogen) atoms. The summed E-state index contributed by atoms with van der Waals surface area (Å²) < 4.78 is 0. The van der Waals surface area contributed by atoms with E-state index in [4.69, 9.17) is 5.84 Å². The predicted octanol–water partition coefficient (Wildman–Crippen LogP) is 1.44. The van der Waals surface area contributed by atoms with E-state index in [2.05, 4.69) is 44.8 Å². The Morgan fingerprint density at radius 1 is 1.10 bits per heavy atom. The van der Waals surface area contributed by atoms with Crippen LogP contribution in [0.5, 0.6) is 0 Å². The average molecular weight is 287 g/mol. The highest BCUT2D eigenvalue weighted by molar-refractivity contribution is 5.42. The predicted molar refractivity (Wildman–Crippen MR) is 85.3 cm³/mol. The normalized spacial score (nSPS) is 11.8. The molecule has 1 atom stereocenters. The summed E-state index contributed by atoms with van der Waals surface area (Å²) in [6, 6.07) is 10.3. The summed E-state index contributed by atoms with van der Waals surface area (Å²) in [7, 11) is 3.73. The van der Waals surface area contributed by atoms with Crippen molar-refractivity contribution in [3.05, 3.63) is 35.9 Å². The van der Waals surface area contributed by atoms with Gasteiger partial charge < -0.3 is 10.2 Å². The van der Waals surface area contributed by atoms with Crippen LogP contribution in [0, 0.1) is 0 Å². The Hall–Kier alpha value is -2.41. The molecule has 0 spiro atoms. The SMILES string of the molecule is CC(CNc1nc(NN)nc(N(C)C)n1)c1ccccc1. The molecule has 1 aromatic heterocycles. The van der Waals surface area contributed by atoms with Crippen molar-refractivity contribution in [1.29, 1.82) is 0 Å². The van der Waals surface area contributed by atoms with Gasteiger partial charge in [-0.2, -0.15) is 15.0 Å². The molecule has 0 bridgehead atoms. The Balaban J connectivity index is 2.07. The second-order valence-corrected chi connectivity index (χ2v) is 5.01. The molecule has 0 fully saturated rings. The summed E-state index contributed by atoms with van der Waals surface area (Å²) >= 11 is 0. The van der Waals surface area contributed by atoms with Crippen LogP contribution in [-0.4, -0.2) is 35.6 Å². The van der Waals surface area contributed by atoms with Crippen molar-refractivity contribution in [2.45, 2.75) is 12.8 Å². The molecule has 4 N–H and O–H groups in total. The van der Waals surface area contributed by atoms with Gasteiger partial charge in [-0.15, -0.1) is 0 Å². The Labute approximate surface area is 124 Å². The van der Waals surface area contributed by atoms with Crippen LogP contribution in [0.1, 0.15) is 18.4 Å². The number of nitrogens with zero attached hydrogens (tertiary/aromatic N) is 4. The Morgan fingerprint density at radius 2 is 1.76 bits per heavy atom. The zero-order valence-corrected chi connectivity index (χ0v) is 12.5. The van der Waals surface area contributed by atoms with Gasteiger partial charge in [0, 0.05) is 20.6 Å². The number of nitrogens with one attached hydrogen (secondary N) is 2. The van der Waals surface area contributed by atoms with Crippen LogP contribution in [0.3, 0.4) is 0 Å². The fraction of sp³-hybridized carbons (Fsp3) is 0.357. The van der Waals surface area contributed by atoms with Gasteiger partial charge in [-0.05, 0) is 11.5 Å². The first-order valence-corrected chi connectivity index (χ1v) is 6.79. The number of anilines is 3. The number of nitrogens with two attached hydrogens (primary N) is 1. The molecule has 1 unspecified atom stereocenters. The molecule has 7 heteroatoms. The lowest BCUT2D eigenvalue weighted by molar-refractivity contribution is 0.794. The topological polar surface area (TPSA) is 92.0 Å². The lowest BCUT2D eigenvalue weighted by Gasteiger charge is -2.15. The summed E-state index contributed by atoms with van der Waals surface area (Å²) in [5.74, 6) is 7.12. The number of rotatable bonds is 6. The number of hydrogen-bond acceptors (Lipinski definition) is 7. The van der Waals surface area contributed by atoms with Gasteiger partial charge in [-0.1, -0.05) is 37.3 Å². The monoisotopic (exact) mass is 287 g/mol. The number of nitrogen functional groups attached to an aromatic ring is 1. The van der Waals surface area contributed by atoms with E-state index < -0.39 is 0 Å². The van der Waals surface area contributed by atoms with Crippen LogP contribution in [0.2, 0.25) is 0 Å². The molecule has 0 saturated carbocycles. The van der Waals surface area contributed by atoms with Gasteiger partial charge in [-0.25, -0.2) is 5.84 Å². The highest BCUT2D eigenvalue weighted by Crippen LogP contribution is 2.16. The first-order chi connectivity index (χ1) is 10.1. The van der Waals surface area contributed by atoms with E-state index in [1.807, 2.05) is 32.3 Å². The smallest absolute Gasteiger partial charge is 0.243 e. The average Bonchev–Trinajstić information content (AvgIpc) is 2.53. The first-order valence-electron chi connectivity index (χ1n) is 6.79. The van der Waals surface area contributed by atoms with Crippen LogP contribution in [0.15, 0.2) is 30.3 Å². The number of hydrogen-bond donors (Lipinski definition) is 3. The van der Waals surface area contributed by atoms with Crippen molar-refractivity contribution in [3.8, 4) is 0 Å². The molecule has 7 nitrogen and oxygen atoms in total. The number of hydrazine groups is 1. The van der Waals surface area contributed by atoms with E-state index in [-0.39, 0.29) is 0 Å². The van der Waals surface area contributed by atoms with Crippen LogP contribution >= 0.6 is 0 Å². The Morgan fingerprint density at radius 3 is 2.38 bits per heavy atom. The number of benzene rings is 1. The largest absolute Gasteiger partial charge is 0.353 e. The van der Waals surface area contributed by atoms with Crippen LogP contribution in [-0.2, 0) is 0 Å². The molecule has 0 saturated heterocycles. The molecule has 0 radical (unpaired) electrons. The summed E-state index contributed by atoms with van der Waals surface area (Å²) in [5, 5.41) is 3.23. The van der Waals surface area contributed by atoms with Gasteiger partial charge >= 0.3 is 0 Å². The van der Waals surface area contributed by atoms with Gasteiger partial charge in [0.25, 0.3) is 0 Å². The van der Waals surface area contributed by atoms with E-state index in [0.717, 1.165) is 6.54 Å². The quantitative estimate of drug-likeness (QED) is 0.547. The molecule has 112 valence electrons. The minimum atomic E-state index is 0.337. The minimum Gasteiger partial charge on any atom is -0.353 e. The molecule has 1 aromatic carbocycles. The molecule has 0 aliphatic heterocycles. The maximum atomic E-state index is 5.39. The van der Waals surface area contributed by atoms with E-state index in [0.29, 0.717) is 23.8 Å². The zero-order valence-electron chi connectivity index (χ0n) is 12.5. The van der Waals surface area contributed by atoms with Crippen molar-refractivity contribution in [1.82, 2.24) is 15.0 Å². The summed E-state index contributed by atoms with van der Waals surface area (Å²) in [6.07, 6.45) is 0. The first kappa shape index (κ1) is 15.0. The lowest BCUT2D eigenvalue weighted by Crippen LogP contribution is -2.20.